The molecule has 1 aliphatic heterocycles. The highest BCUT2D eigenvalue weighted by atomic mass is 32.2. The van der Waals surface area contributed by atoms with Crippen LogP contribution in [0.5, 0.6) is 5.75 Å². The second-order valence-electron chi connectivity index (χ2n) is 11.7. The minimum Gasteiger partial charge on any atom is -0.494 e. The van der Waals surface area contributed by atoms with E-state index in [0.717, 1.165) is 21.8 Å². The molecule has 1 aromatic heterocycles. The molecular weight excluding hydrogens is 653 g/mol. The van der Waals surface area contributed by atoms with Crippen molar-refractivity contribution in [1.29, 1.82) is 0 Å². The molecule has 260 valence electrons. The first-order chi connectivity index (χ1) is 22.7. The molecule has 1 fully saturated rings. The number of hydrogen-bond acceptors (Lipinski definition) is 11. The van der Waals surface area contributed by atoms with Crippen molar-refractivity contribution in [2.75, 3.05) is 82.8 Å². The Kier molecular flexibility index (Phi) is 10.3. The van der Waals surface area contributed by atoms with Gasteiger partial charge in [-0.25, -0.2) is 18.5 Å². The summed E-state index contributed by atoms with van der Waals surface area (Å²) in [5, 5.41) is 7.08. The van der Waals surface area contributed by atoms with Crippen LogP contribution in [0.15, 0.2) is 48.7 Å². The first-order valence-electron chi connectivity index (χ1n) is 15.1. The summed E-state index contributed by atoms with van der Waals surface area (Å²) >= 11 is 0. The van der Waals surface area contributed by atoms with Crippen molar-refractivity contribution in [3.05, 3.63) is 65.4 Å². The quantitative estimate of drug-likeness (QED) is 0.287. The van der Waals surface area contributed by atoms with Gasteiger partial charge < -0.3 is 20.3 Å². The molecule has 17 heteroatoms. The Morgan fingerprint density at radius 3 is 2.44 bits per heavy atom. The zero-order valence-corrected chi connectivity index (χ0v) is 28.1. The number of nitrogens with one attached hydrogen (secondary N) is 2. The highest BCUT2D eigenvalue weighted by Crippen LogP contribution is 2.41. The highest BCUT2D eigenvalue weighted by Gasteiger charge is 2.41. The van der Waals surface area contributed by atoms with Crippen LogP contribution < -0.4 is 20.3 Å². The number of benzene rings is 2. The van der Waals surface area contributed by atoms with Gasteiger partial charge in [0.2, 0.25) is 16.0 Å². The van der Waals surface area contributed by atoms with Gasteiger partial charge in [-0.05, 0) is 29.7 Å². The molecule has 3 aromatic rings. The molecule has 0 bridgehead atoms. The number of aromatic nitrogens is 2. The summed E-state index contributed by atoms with van der Waals surface area (Å²) < 4.78 is 74.3. The summed E-state index contributed by atoms with van der Waals surface area (Å²) in [6, 6.07) is 11.1. The molecule has 2 aromatic carbocycles. The van der Waals surface area contributed by atoms with Crippen LogP contribution >= 0.6 is 0 Å². The van der Waals surface area contributed by atoms with Crippen molar-refractivity contribution in [2.45, 2.75) is 24.7 Å². The lowest BCUT2D eigenvalue weighted by atomic mass is 10.1. The lowest BCUT2D eigenvalue weighted by molar-refractivity contribution is -0.169. The Bertz CT molecular complexity index is 1740. The number of nitrogens with zero attached hydrogens (tertiary/aromatic N) is 6. The third-order valence-corrected chi connectivity index (χ3v) is 9.95. The molecule has 0 spiro atoms. The van der Waals surface area contributed by atoms with Gasteiger partial charge in [0.1, 0.15) is 17.1 Å². The van der Waals surface area contributed by atoms with Gasteiger partial charge in [0.25, 0.3) is 5.91 Å². The second-order valence-corrected chi connectivity index (χ2v) is 13.7. The third-order valence-electron chi connectivity index (χ3n) is 8.68. The molecule has 1 amide bonds. The number of alkyl halides is 3. The predicted molar refractivity (Wildman–Crippen MR) is 175 cm³/mol. The van der Waals surface area contributed by atoms with Gasteiger partial charge in [0.15, 0.2) is 0 Å². The average molecular weight is 693 g/mol. The van der Waals surface area contributed by atoms with Crippen LogP contribution in [0.2, 0.25) is 0 Å². The molecule has 0 unspecified atom stereocenters. The van der Waals surface area contributed by atoms with Crippen LogP contribution in [0.3, 0.4) is 0 Å². The topological polar surface area (TPSA) is 132 Å². The normalized spacial score (nSPS) is 18.5. The maximum absolute atomic E-state index is 14.2. The van der Waals surface area contributed by atoms with E-state index in [-0.39, 0.29) is 24.8 Å². The lowest BCUT2D eigenvalue weighted by Crippen LogP contribution is -2.49. The van der Waals surface area contributed by atoms with E-state index in [0.29, 0.717) is 49.4 Å². The van der Waals surface area contributed by atoms with Crippen molar-refractivity contribution in [3.63, 3.8) is 0 Å². The van der Waals surface area contributed by atoms with Crippen molar-refractivity contribution in [1.82, 2.24) is 24.2 Å². The summed E-state index contributed by atoms with van der Waals surface area (Å²) in [5.74, 6) is -0.306. The van der Waals surface area contributed by atoms with Crippen LogP contribution in [0.1, 0.15) is 22.7 Å². The van der Waals surface area contributed by atoms with Crippen LogP contribution in [0.25, 0.3) is 0 Å². The summed E-state index contributed by atoms with van der Waals surface area (Å²) in [7, 11) is 2.21. The number of methoxy groups -OCH3 is 1. The maximum atomic E-state index is 14.2. The second kappa shape index (κ2) is 14.1. The summed E-state index contributed by atoms with van der Waals surface area (Å²) in [6.07, 6.45) is -2.73. The van der Waals surface area contributed by atoms with Crippen LogP contribution in [-0.2, 0) is 32.3 Å². The molecule has 1 aliphatic carbocycles. The molecule has 2 N–H and O–H groups in total. The van der Waals surface area contributed by atoms with Crippen LogP contribution in [-0.4, -0.2) is 112 Å². The standard InChI is InChI=1S/C31H39F3N8O5S/c1-39(47-4)27(43)19-41-12-14-42(15-13-41)21-10-11-24(26(17-21)46-3)37-30-35-18-23(31(32,33)34)29(38-30)36-25-16-20-8-6-7-9-22(20)28(25)40(2)48(5,44)45/h6-11,17-18,25,28H,12-16,19H2,1-5H3,(H2,35,36,37,38)/t25-,28-/m1/s1. The van der Waals surface area contributed by atoms with E-state index >= 15 is 0 Å². The fourth-order valence-corrected chi connectivity index (χ4v) is 6.62. The molecule has 13 nitrogen and oxygen atoms in total. The number of ether oxygens (including phenoxy) is 1. The van der Waals surface area contributed by atoms with Gasteiger partial charge in [-0.3, -0.25) is 14.5 Å². The number of carbonyl (C=O) groups is 1. The fraction of sp³-hybridized carbons (Fsp3) is 0.452. The minimum absolute atomic E-state index is 0.112. The number of anilines is 4. The number of sulfonamides is 1. The van der Waals surface area contributed by atoms with Crippen LogP contribution in [0.4, 0.5) is 36.3 Å². The van der Waals surface area contributed by atoms with Gasteiger partial charge in [0.05, 0.1) is 44.8 Å². The van der Waals surface area contributed by atoms with Crippen molar-refractivity contribution < 1.29 is 36.0 Å². The molecule has 0 saturated carbocycles. The Balaban J connectivity index is 1.35. The highest BCUT2D eigenvalue weighted by molar-refractivity contribution is 7.88. The number of hydroxylamine groups is 2. The number of fused-ring (bicyclic) bond motifs is 1. The van der Waals surface area contributed by atoms with E-state index in [1.807, 2.05) is 23.1 Å². The molecule has 2 atom stereocenters. The van der Waals surface area contributed by atoms with E-state index in [1.165, 1.54) is 26.3 Å². The number of rotatable bonds is 11. The molecule has 1 saturated heterocycles. The van der Waals surface area contributed by atoms with E-state index in [2.05, 4.69) is 25.5 Å². The van der Waals surface area contributed by atoms with E-state index < -0.39 is 39.7 Å². The minimum atomic E-state index is -4.78. The molecule has 2 heterocycles. The molecule has 0 radical (unpaired) electrons. The monoisotopic (exact) mass is 692 g/mol. The average Bonchev–Trinajstić information content (AvgIpc) is 3.41. The van der Waals surface area contributed by atoms with Crippen molar-refractivity contribution in [3.8, 4) is 5.75 Å². The van der Waals surface area contributed by atoms with E-state index in [4.69, 9.17) is 9.57 Å². The van der Waals surface area contributed by atoms with Crippen molar-refractivity contribution >= 4 is 39.1 Å². The van der Waals surface area contributed by atoms with Gasteiger partial charge in [-0.15, -0.1) is 0 Å². The molecule has 2 aliphatic rings. The Hall–Kier alpha value is -4.19. The third kappa shape index (κ3) is 7.75. The zero-order chi connectivity index (χ0) is 34.8. The zero-order valence-electron chi connectivity index (χ0n) is 27.3. The smallest absolute Gasteiger partial charge is 0.421 e. The Morgan fingerprint density at radius 2 is 1.79 bits per heavy atom. The Labute approximate surface area is 277 Å². The molecule has 48 heavy (non-hydrogen) atoms. The SMILES string of the molecule is COc1cc(N2CCN(CC(=O)N(C)OC)CC2)ccc1Nc1ncc(C(F)(F)F)c(N[C@@H]2Cc3ccccc3[C@H]2N(C)S(C)(=O)=O)n1. The summed E-state index contributed by atoms with van der Waals surface area (Å²) in [4.78, 5) is 29.5. The first kappa shape index (κ1) is 35.1. The maximum Gasteiger partial charge on any atom is 0.421 e. The Morgan fingerprint density at radius 1 is 1.08 bits per heavy atom. The number of piperazine rings is 1. The van der Waals surface area contributed by atoms with Crippen molar-refractivity contribution in [2.24, 2.45) is 0 Å². The van der Waals surface area contributed by atoms with Gasteiger partial charge >= 0.3 is 6.18 Å². The predicted octanol–water partition coefficient (Wildman–Crippen LogP) is 3.36. The largest absolute Gasteiger partial charge is 0.494 e. The fourth-order valence-electron chi connectivity index (χ4n) is 5.95. The number of hydrogen-bond donors (Lipinski definition) is 2. The molecular formula is C31H39F3N8O5S. The van der Waals surface area contributed by atoms with Crippen LogP contribution in [0, 0.1) is 0 Å². The number of amides is 1. The van der Waals surface area contributed by atoms with Gasteiger partial charge in [-0.2, -0.15) is 22.5 Å². The van der Waals surface area contributed by atoms with Gasteiger partial charge in [0, 0.05) is 58.2 Å². The molecule has 5 rings (SSSR count). The first-order valence-corrected chi connectivity index (χ1v) is 17.0. The number of likely N-dealkylation sites (N-methyl/N-ethyl adjacent to an activating group) is 2. The lowest BCUT2D eigenvalue weighted by Gasteiger charge is -2.36. The number of halogens is 3. The summed E-state index contributed by atoms with van der Waals surface area (Å²) in [6.45, 7) is 2.90. The van der Waals surface area contributed by atoms with Gasteiger partial charge in [-0.1, -0.05) is 24.3 Å². The summed E-state index contributed by atoms with van der Waals surface area (Å²) in [5.41, 5.74) is 1.76. The van der Waals surface area contributed by atoms with E-state index in [9.17, 15) is 26.4 Å². The van der Waals surface area contributed by atoms with E-state index in [1.54, 1.807) is 31.3 Å². The number of carbonyl (C=O) groups excluding carboxylic acids is 1.